The van der Waals surface area contributed by atoms with Crippen LogP contribution in [0.4, 0.5) is 5.69 Å². The van der Waals surface area contributed by atoms with Gasteiger partial charge in [0.2, 0.25) is 0 Å². The van der Waals surface area contributed by atoms with Crippen LogP contribution in [0.3, 0.4) is 0 Å². The summed E-state index contributed by atoms with van der Waals surface area (Å²) >= 11 is 0. The van der Waals surface area contributed by atoms with Crippen molar-refractivity contribution in [3.8, 4) is 5.75 Å². The van der Waals surface area contributed by atoms with Gasteiger partial charge in [-0.1, -0.05) is 12.7 Å². The zero-order chi connectivity index (χ0) is 22.5. The Labute approximate surface area is 181 Å². The molecule has 0 saturated carbocycles. The fraction of sp³-hybridized carbons (Fsp3) is 0.167. The molecule has 0 aliphatic carbocycles. The fourth-order valence-electron chi connectivity index (χ4n) is 3.26. The molecular weight excluding hydrogens is 392 g/mol. The van der Waals surface area contributed by atoms with Crippen LogP contribution >= 0.6 is 0 Å². The molecule has 0 saturated heterocycles. The first kappa shape index (κ1) is 21.7. The Morgan fingerprint density at radius 1 is 1.16 bits per heavy atom. The van der Waals surface area contributed by atoms with E-state index in [2.05, 4.69) is 16.9 Å². The normalized spacial score (nSPS) is 12.2. The Morgan fingerprint density at radius 2 is 1.84 bits per heavy atom. The highest BCUT2D eigenvalue weighted by molar-refractivity contribution is 6.10. The summed E-state index contributed by atoms with van der Waals surface area (Å²) < 4.78 is 5.46. The van der Waals surface area contributed by atoms with E-state index in [0.29, 0.717) is 40.4 Å². The van der Waals surface area contributed by atoms with Crippen LogP contribution in [0.15, 0.2) is 60.1 Å². The number of hydrogen-bond donors (Lipinski definition) is 2. The van der Waals surface area contributed by atoms with Crippen LogP contribution in [0.1, 0.15) is 31.8 Å². The number of carbonyl (C=O) groups excluding carboxylic acids is 2. The van der Waals surface area contributed by atoms with Gasteiger partial charge in [-0.05, 0) is 48.0 Å². The predicted molar refractivity (Wildman–Crippen MR) is 123 cm³/mol. The van der Waals surface area contributed by atoms with Crippen molar-refractivity contribution < 1.29 is 14.3 Å². The lowest BCUT2D eigenvalue weighted by Gasteiger charge is -2.11. The highest BCUT2D eigenvalue weighted by Gasteiger charge is 2.24. The Hall–Kier alpha value is -4.00. The van der Waals surface area contributed by atoms with Gasteiger partial charge in [-0.25, -0.2) is 4.99 Å². The minimum Gasteiger partial charge on any atom is -0.496 e. The van der Waals surface area contributed by atoms with Crippen LogP contribution < -0.4 is 10.1 Å². The third-order valence-corrected chi connectivity index (χ3v) is 4.85. The molecule has 2 N–H and O–H groups in total. The number of rotatable bonds is 6. The second-order valence-electron chi connectivity index (χ2n) is 7.16. The number of hydrogen-bond acceptors (Lipinski definition) is 5. The van der Waals surface area contributed by atoms with Gasteiger partial charge in [-0.3, -0.25) is 9.59 Å². The standard InChI is InChI=1S/C24H24N4O3/c1-15(6-5-13-25)18-11-12-20(31-4)19-14-21(26-22(18)19)27-23(29)16-7-9-17(10-8-16)24(30)28(2)3/h5-13,25H,1,14H2,2-4H3,(H,26,27,29)/b6-5-,25-13?. The first-order chi connectivity index (χ1) is 14.8. The molecule has 7 heteroatoms. The van der Waals surface area contributed by atoms with E-state index in [9.17, 15) is 9.59 Å². The van der Waals surface area contributed by atoms with Gasteiger partial charge in [0.25, 0.3) is 11.8 Å². The lowest BCUT2D eigenvalue weighted by molar-refractivity contribution is 0.0826. The zero-order valence-electron chi connectivity index (χ0n) is 17.7. The van der Waals surface area contributed by atoms with Crippen LogP contribution in [-0.4, -0.2) is 50.0 Å². The number of fused-ring (bicyclic) bond motifs is 1. The van der Waals surface area contributed by atoms with Gasteiger partial charge in [0.05, 0.1) is 12.8 Å². The molecule has 0 aromatic heterocycles. The van der Waals surface area contributed by atoms with Gasteiger partial charge in [-0.2, -0.15) is 0 Å². The van der Waals surface area contributed by atoms with Crippen LogP contribution in [-0.2, 0) is 6.42 Å². The number of nitrogens with one attached hydrogen (secondary N) is 2. The maximum atomic E-state index is 12.7. The summed E-state index contributed by atoms with van der Waals surface area (Å²) in [6.07, 6.45) is 4.92. The van der Waals surface area contributed by atoms with Gasteiger partial charge < -0.3 is 20.4 Å². The first-order valence-electron chi connectivity index (χ1n) is 9.62. The first-order valence-corrected chi connectivity index (χ1v) is 9.62. The maximum Gasteiger partial charge on any atom is 0.256 e. The molecule has 7 nitrogen and oxygen atoms in total. The van der Waals surface area contributed by atoms with Gasteiger partial charge in [0.15, 0.2) is 0 Å². The third kappa shape index (κ3) is 4.61. The van der Waals surface area contributed by atoms with E-state index < -0.39 is 0 Å². The van der Waals surface area contributed by atoms with Crippen molar-refractivity contribution in [2.24, 2.45) is 4.99 Å². The molecule has 0 radical (unpaired) electrons. The summed E-state index contributed by atoms with van der Waals surface area (Å²) in [6, 6.07) is 10.2. The van der Waals surface area contributed by atoms with Gasteiger partial charge in [-0.15, -0.1) is 0 Å². The van der Waals surface area contributed by atoms with Crippen molar-refractivity contribution in [3.05, 3.63) is 77.4 Å². The summed E-state index contributed by atoms with van der Waals surface area (Å²) in [6.45, 7) is 4.05. The Bertz CT molecular complexity index is 1110. The van der Waals surface area contributed by atoms with Crippen LogP contribution in [0.5, 0.6) is 5.75 Å². The molecule has 1 aliphatic heterocycles. The number of allylic oxidation sites excluding steroid dienone is 3. The molecule has 1 heterocycles. The van der Waals surface area contributed by atoms with E-state index in [1.807, 2.05) is 12.1 Å². The Kier molecular flexibility index (Phi) is 6.45. The van der Waals surface area contributed by atoms with Crippen molar-refractivity contribution in [1.29, 1.82) is 5.41 Å². The summed E-state index contributed by atoms with van der Waals surface area (Å²) in [5.41, 5.74) is 4.02. The van der Waals surface area contributed by atoms with Gasteiger partial charge in [0.1, 0.15) is 11.6 Å². The molecule has 0 spiro atoms. The molecule has 0 unspecified atom stereocenters. The molecule has 2 aromatic rings. The lowest BCUT2D eigenvalue weighted by atomic mass is 10.00. The molecule has 0 bridgehead atoms. The minimum absolute atomic E-state index is 0.125. The van der Waals surface area contributed by atoms with Gasteiger partial charge >= 0.3 is 0 Å². The Balaban J connectivity index is 1.83. The van der Waals surface area contributed by atoms with E-state index in [-0.39, 0.29) is 11.8 Å². The number of methoxy groups -OCH3 is 1. The predicted octanol–water partition coefficient (Wildman–Crippen LogP) is 3.63. The second-order valence-corrected chi connectivity index (χ2v) is 7.16. The number of amides is 2. The number of nitrogens with zero attached hydrogens (tertiary/aromatic N) is 2. The topological polar surface area (TPSA) is 94.8 Å². The summed E-state index contributed by atoms with van der Waals surface area (Å²) in [5.74, 6) is 0.753. The average Bonchev–Trinajstić information content (AvgIpc) is 3.19. The van der Waals surface area contributed by atoms with Crippen molar-refractivity contribution in [2.75, 3.05) is 21.2 Å². The number of aliphatic imine (C=N–C) groups is 1. The van der Waals surface area contributed by atoms with Crippen LogP contribution in [0.25, 0.3) is 5.57 Å². The zero-order valence-corrected chi connectivity index (χ0v) is 17.7. The molecule has 158 valence electrons. The van der Waals surface area contributed by atoms with E-state index in [4.69, 9.17) is 10.1 Å². The summed E-state index contributed by atoms with van der Waals surface area (Å²) in [7, 11) is 4.94. The quantitative estimate of drug-likeness (QED) is 0.556. The largest absolute Gasteiger partial charge is 0.496 e. The smallest absolute Gasteiger partial charge is 0.256 e. The molecule has 2 aromatic carbocycles. The highest BCUT2D eigenvalue weighted by atomic mass is 16.5. The molecule has 0 atom stereocenters. The van der Waals surface area contributed by atoms with Crippen LogP contribution in [0, 0.1) is 5.41 Å². The SMILES string of the molecule is C=C(/C=C\C=N)c1ccc(OC)c2c1N=C(NC(=O)c1ccc(C(=O)N(C)C)cc1)C2. The molecule has 0 fully saturated rings. The van der Waals surface area contributed by atoms with Crippen LogP contribution in [0.2, 0.25) is 0 Å². The minimum atomic E-state index is -0.307. The summed E-state index contributed by atoms with van der Waals surface area (Å²) in [5, 5.41) is 10.0. The third-order valence-electron chi connectivity index (χ3n) is 4.85. The van der Waals surface area contributed by atoms with Gasteiger partial charge in [0, 0.05) is 49.0 Å². The summed E-state index contributed by atoms with van der Waals surface area (Å²) in [4.78, 5) is 30.8. The second kappa shape index (κ2) is 9.21. The Morgan fingerprint density at radius 3 is 2.45 bits per heavy atom. The molecular formula is C24H24N4O3. The monoisotopic (exact) mass is 416 g/mol. The molecule has 31 heavy (non-hydrogen) atoms. The highest BCUT2D eigenvalue weighted by Crippen LogP contribution is 2.40. The number of carbonyl (C=O) groups is 2. The number of amidine groups is 1. The van der Waals surface area contributed by atoms with E-state index in [1.165, 1.54) is 11.1 Å². The molecule has 3 rings (SSSR count). The van der Waals surface area contributed by atoms with E-state index in [1.54, 1.807) is 57.6 Å². The van der Waals surface area contributed by atoms with E-state index >= 15 is 0 Å². The lowest BCUT2D eigenvalue weighted by Crippen LogP contribution is -2.30. The van der Waals surface area contributed by atoms with Crippen molar-refractivity contribution >= 4 is 35.1 Å². The van der Waals surface area contributed by atoms with Crippen molar-refractivity contribution in [1.82, 2.24) is 10.2 Å². The van der Waals surface area contributed by atoms with E-state index in [0.717, 1.165) is 11.1 Å². The van der Waals surface area contributed by atoms with Crippen molar-refractivity contribution in [3.63, 3.8) is 0 Å². The average molecular weight is 416 g/mol. The fourth-order valence-corrected chi connectivity index (χ4v) is 3.26. The number of benzene rings is 2. The maximum absolute atomic E-state index is 12.7. The number of ether oxygens (including phenoxy) is 1. The molecule has 1 aliphatic rings. The van der Waals surface area contributed by atoms with Crippen molar-refractivity contribution in [2.45, 2.75) is 6.42 Å². The molecule has 2 amide bonds.